The first kappa shape index (κ1) is 14.8. The summed E-state index contributed by atoms with van der Waals surface area (Å²) in [5.74, 6) is 1.47. The van der Waals surface area contributed by atoms with Crippen molar-refractivity contribution >= 4 is 17.5 Å². The van der Waals surface area contributed by atoms with Gasteiger partial charge in [0, 0.05) is 12.1 Å². The molecule has 0 radical (unpaired) electrons. The molecule has 0 saturated heterocycles. The summed E-state index contributed by atoms with van der Waals surface area (Å²) >= 11 is 1.45. The molecule has 0 N–H and O–H groups in total. The number of aromatic nitrogens is 3. The standard InChI is InChI=1S/C15H19N3OS/c1-4-8-18-14(13-7-5-6-11(2)9-13)16-17-15(18)20-10-12(3)19/h5-7,9H,4,8,10H2,1-3H3. The van der Waals surface area contributed by atoms with E-state index in [-0.39, 0.29) is 5.78 Å². The second kappa shape index (κ2) is 6.70. The van der Waals surface area contributed by atoms with E-state index in [4.69, 9.17) is 0 Å². The number of hydrogen-bond donors (Lipinski definition) is 0. The van der Waals surface area contributed by atoms with E-state index >= 15 is 0 Å². The number of aryl methyl sites for hydroxylation is 1. The van der Waals surface area contributed by atoms with E-state index in [1.807, 2.05) is 12.1 Å². The molecule has 5 heteroatoms. The molecule has 0 aliphatic carbocycles. The van der Waals surface area contributed by atoms with Gasteiger partial charge in [-0.15, -0.1) is 10.2 Å². The van der Waals surface area contributed by atoms with Crippen molar-refractivity contribution in [2.75, 3.05) is 5.75 Å². The van der Waals surface area contributed by atoms with Crippen molar-refractivity contribution in [2.24, 2.45) is 0 Å². The molecular formula is C15H19N3OS. The van der Waals surface area contributed by atoms with Crippen molar-refractivity contribution in [1.29, 1.82) is 0 Å². The summed E-state index contributed by atoms with van der Waals surface area (Å²) in [6.45, 7) is 6.64. The third-order valence-electron chi connectivity index (χ3n) is 2.84. The summed E-state index contributed by atoms with van der Waals surface area (Å²) in [7, 11) is 0. The minimum atomic E-state index is 0.151. The fraction of sp³-hybridized carbons (Fsp3) is 0.400. The Labute approximate surface area is 123 Å². The minimum absolute atomic E-state index is 0.151. The molecule has 1 aromatic heterocycles. The maximum atomic E-state index is 11.1. The van der Waals surface area contributed by atoms with Gasteiger partial charge in [0.15, 0.2) is 11.0 Å². The highest BCUT2D eigenvalue weighted by atomic mass is 32.2. The average Bonchev–Trinajstić information content (AvgIpc) is 2.80. The van der Waals surface area contributed by atoms with Crippen LogP contribution < -0.4 is 0 Å². The number of rotatable bonds is 6. The maximum Gasteiger partial charge on any atom is 0.191 e. The van der Waals surface area contributed by atoms with E-state index < -0.39 is 0 Å². The van der Waals surface area contributed by atoms with E-state index in [9.17, 15) is 4.79 Å². The molecular weight excluding hydrogens is 270 g/mol. The van der Waals surface area contributed by atoms with Gasteiger partial charge in [-0.3, -0.25) is 4.79 Å². The van der Waals surface area contributed by atoms with Crippen LogP contribution in [-0.4, -0.2) is 26.3 Å². The zero-order valence-electron chi connectivity index (χ0n) is 12.1. The molecule has 2 aromatic rings. The molecule has 1 heterocycles. The lowest BCUT2D eigenvalue weighted by atomic mass is 10.1. The molecule has 0 amide bonds. The van der Waals surface area contributed by atoms with Crippen LogP contribution in [0.4, 0.5) is 0 Å². The normalized spacial score (nSPS) is 10.8. The lowest BCUT2D eigenvalue weighted by Crippen LogP contribution is -2.03. The summed E-state index contributed by atoms with van der Waals surface area (Å²) in [4.78, 5) is 11.1. The number of thioether (sulfide) groups is 1. The number of nitrogens with zero attached hydrogens (tertiary/aromatic N) is 3. The van der Waals surface area contributed by atoms with Gasteiger partial charge in [0.25, 0.3) is 0 Å². The summed E-state index contributed by atoms with van der Waals surface area (Å²) in [5.41, 5.74) is 2.27. The number of carbonyl (C=O) groups is 1. The SMILES string of the molecule is CCCn1c(SCC(C)=O)nnc1-c1cccc(C)c1. The summed E-state index contributed by atoms with van der Waals surface area (Å²) < 4.78 is 2.10. The van der Waals surface area contributed by atoms with Crippen LogP contribution in [0, 0.1) is 6.92 Å². The van der Waals surface area contributed by atoms with E-state index in [0.717, 1.165) is 29.5 Å². The summed E-state index contributed by atoms with van der Waals surface area (Å²) in [6.07, 6.45) is 1.00. The smallest absolute Gasteiger partial charge is 0.191 e. The second-order valence-corrected chi connectivity index (χ2v) is 5.76. The number of Topliss-reactive ketones (excluding diaryl/α,β-unsaturated/α-hetero) is 1. The van der Waals surface area contributed by atoms with Gasteiger partial charge in [-0.2, -0.15) is 0 Å². The molecule has 106 valence electrons. The van der Waals surface area contributed by atoms with Crippen molar-refractivity contribution in [1.82, 2.24) is 14.8 Å². The molecule has 0 unspecified atom stereocenters. The molecule has 0 saturated carbocycles. The molecule has 0 atom stereocenters. The number of carbonyl (C=O) groups excluding carboxylic acids is 1. The van der Waals surface area contributed by atoms with Gasteiger partial charge in [-0.05, 0) is 26.3 Å². The Hall–Kier alpha value is -1.62. The number of benzene rings is 1. The number of hydrogen-bond acceptors (Lipinski definition) is 4. The van der Waals surface area contributed by atoms with Gasteiger partial charge in [-0.1, -0.05) is 42.4 Å². The lowest BCUT2D eigenvalue weighted by molar-refractivity contribution is -0.114. The molecule has 2 rings (SSSR count). The number of ketones is 1. The Morgan fingerprint density at radius 1 is 1.35 bits per heavy atom. The Balaban J connectivity index is 2.35. The van der Waals surface area contributed by atoms with Gasteiger partial charge in [-0.25, -0.2) is 0 Å². The predicted molar refractivity (Wildman–Crippen MR) is 81.9 cm³/mol. The summed E-state index contributed by atoms with van der Waals surface area (Å²) in [5, 5.41) is 9.36. The van der Waals surface area contributed by atoms with Gasteiger partial charge in [0.1, 0.15) is 5.78 Å². The molecule has 20 heavy (non-hydrogen) atoms. The predicted octanol–water partition coefficient (Wildman–Crippen LogP) is 3.34. The van der Waals surface area contributed by atoms with E-state index in [2.05, 4.69) is 40.7 Å². The van der Waals surface area contributed by atoms with E-state index in [0.29, 0.717) is 5.75 Å². The van der Waals surface area contributed by atoms with Crippen molar-refractivity contribution < 1.29 is 4.79 Å². The molecule has 1 aromatic carbocycles. The Morgan fingerprint density at radius 2 is 2.15 bits per heavy atom. The molecule has 0 aliphatic heterocycles. The Kier molecular flexibility index (Phi) is 4.95. The Morgan fingerprint density at radius 3 is 2.80 bits per heavy atom. The van der Waals surface area contributed by atoms with Crippen LogP contribution in [0.5, 0.6) is 0 Å². The van der Waals surface area contributed by atoms with Crippen molar-refractivity contribution in [3.8, 4) is 11.4 Å². The first-order valence-corrected chi connectivity index (χ1v) is 7.73. The van der Waals surface area contributed by atoms with Crippen LogP contribution in [0.1, 0.15) is 25.8 Å². The lowest BCUT2D eigenvalue weighted by Gasteiger charge is -2.08. The van der Waals surface area contributed by atoms with Gasteiger partial charge in [0.2, 0.25) is 0 Å². The second-order valence-electron chi connectivity index (χ2n) is 4.82. The van der Waals surface area contributed by atoms with Crippen LogP contribution in [-0.2, 0) is 11.3 Å². The highest BCUT2D eigenvalue weighted by Gasteiger charge is 2.14. The molecule has 4 nitrogen and oxygen atoms in total. The highest BCUT2D eigenvalue weighted by Crippen LogP contribution is 2.24. The molecule has 0 bridgehead atoms. The largest absolute Gasteiger partial charge is 0.302 e. The first-order valence-electron chi connectivity index (χ1n) is 6.74. The van der Waals surface area contributed by atoms with E-state index in [1.54, 1.807) is 6.92 Å². The third kappa shape index (κ3) is 3.48. The molecule has 0 fully saturated rings. The fourth-order valence-electron chi connectivity index (χ4n) is 1.98. The monoisotopic (exact) mass is 289 g/mol. The van der Waals surface area contributed by atoms with Crippen molar-refractivity contribution in [3.63, 3.8) is 0 Å². The van der Waals surface area contributed by atoms with Crippen molar-refractivity contribution in [2.45, 2.75) is 38.9 Å². The van der Waals surface area contributed by atoms with Gasteiger partial charge in [0.05, 0.1) is 5.75 Å². The molecule has 0 spiro atoms. The van der Waals surface area contributed by atoms with Crippen LogP contribution in [0.15, 0.2) is 29.4 Å². The zero-order chi connectivity index (χ0) is 14.5. The average molecular weight is 289 g/mol. The fourth-order valence-corrected chi connectivity index (χ4v) is 2.75. The van der Waals surface area contributed by atoms with Crippen LogP contribution in [0.3, 0.4) is 0 Å². The highest BCUT2D eigenvalue weighted by molar-refractivity contribution is 7.99. The molecule has 0 aliphatic rings. The van der Waals surface area contributed by atoms with Crippen LogP contribution in [0.2, 0.25) is 0 Å². The summed E-state index contributed by atoms with van der Waals surface area (Å²) in [6, 6.07) is 8.24. The van der Waals surface area contributed by atoms with Crippen LogP contribution in [0.25, 0.3) is 11.4 Å². The zero-order valence-corrected chi connectivity index (χ0v) is 12.9. The minimum Gasteiger partial charge on any atom is -0.302 e. The first-order chi connectivity index (χ1) is 9.61. The maximum absolute atomic E-state index is 11.1. The van der Waals surface area contributed by atoms with Gasteiger partial charge >= 0.3 is 0 Å². The van der Waals surface area contributed by atoms with E-state index in [1.165, 1.54) is 17.3 Å². The van der Waals surface area contributed by atoms with Crippen LogP contribution >= 0.6 is 11.8 Å². The topological polar surface area (TPSA) is 47.8 Å². The van der Waals surface area contributed by atoms with Gasteiger partial charge < -0.3 is 4.57 Å². The quantitative estimate of drug-likeness (QED) is 0.765. The Bertz CT molecular complexity index is 607. The van der Waals surface area contributed by atoms with Crippen molar-refractivity contribution in [3.05, 3.63) is 29.8 Å². The third-order valence-corrected chi connectivity index (χ3v) is 3.96.